The monoisotopic (exact) mass is 260 g/mol. The van der Waals surface area contributed by atoms with Crippen LogP contribution in [0.1, 0.15) is 25.1 Å². The van der Waals surface area contributed by atoms with E-state index in [1.165, 1.54) is 0 Å². The van der Waals surface area contributed by atoms with E-state index in [1.54, 1.807) is 12.5 Å². The SMILES string of the molecule is Cc1ncccc1Oc1nc[nH+]c(OC(C)C)c1C. The number of hydrogen-bond acceptors (Lipinski definition) is 4. The summed E-state index contributed by atoms with van der Waals surface area (Å²) < 4.78 is 11.5. The van der Waals surface area contributed by atoms with Gasteiger partial charge in [-0.1, -0.05) is 0 Å². The second-order valence-corrected chi connectivity index (χ2v) is 4.52. The van der Waals surface area contributed by atoms with Gasteiger partial charge in [-0.2, -0.15) is 0 Å². The van der Waals surface area contributed by atoms with Crippen molar-refractivity contribution in [2.75, 3.05) is 0 Å². The Hall–Kier alpha value is -2.17. The van der Waals surface area contributed by atoms with Crippen molar-refractivity contribution in [3.63, 3.8) is 0 Å². The predicted molar refractivity (Wildman–Crippen MR) is 70.3 cm³/mol. The van der Waals surface area contributed by atoms with E-state index in [4.69, 9.17) is 9.47 Å². The van der Waals surface area contributed by atoms with Crippen LogP contribution in [0.2, 0.25) is 0 Å². The molecule has 2 aromatic rings. The first-order chi connectivity index (χ1) is 9.08. The van der Waals surface area contributed by atoms with Crippen LogP contribution in [0.25, 0.3) is 0 Å². The van der Waals surface area contributed by atoms with E-state index in [-0.39, 0.29) is 6.10 Å². The van der Waals surface area contributed by atoms with Gasteiger partial charge in [0.15, 0.2) is 5.75 Å². The van der Waals surface area contributed by atoms with Gasteiger partial charge in [0, 0.05) is 6.20 Å². The molecular formula is C14H18N3O2+. The number of aromatic amines is 1. The molecule has 0 aliphatic rings. The molecule has 5 nitrogen and oxygen atoms in total. The molecule has 2 rings (SSSR count). The van der Waals surface area contributed by atoms with Crippen molar-refractivity contribution < 1.29 is 14.5 Å². The third kappa shape index (κ3) is 3.19. The van der Waals surface area contributed by atoms with Crippen molar-refractivity contribution >= 4 is 0 Å². The van der Waals surface area contributed by atoms with Crippen LogP contribution in [0.3, 0.4) is 0 Å². The molecule has 0 spiro atoms. The number of rotatable bonds is 4. The zero-order chi connectivity index (χ0) is 13.8. The quantitative estimate of drug-likeness (QED) is 0.847. The van der Waals surface area contributed by atoms with Gasteiger partial charge in [-0.05, 0) is 44.8 Å². The number of aromatic nitrogens is 3. The molecular weight excluding hydrogens is 242 g/mol. The van der Waals surface area contributed by atoms with Gasteiger partial charge in [0.05, 0.1) is 11.8 Å². The van der Waals surface area contributed by atoms with Crippen molar-refractivity contribution in [2.45, 2.75) is 33.8 Å². The number of hydrogen-bond donors (Lipinski definition) is 0. The van der Waals surface area contributed by atoms with Crippen molar-refractivity contribution in [1.82, 2.24) is 9.97 Å². The molecule has 0 aliphatic heterocycles. The minimum atomic E-state index is 0.0883. The third-order valence-electron chi connectivity index (χ3n) is 2.56. The van der Waals surface area contributed by atoms with Gasteiger partial charge in [0.25, 0.3) is 12.2 Å². The first-order valence-corrected chi connectivity index (χ1v) is 6.21. The van der Waals surface area contributed by atoms with E-state index in [1.807, 2.05) is 39.8 Å². The Morgan fingerprint density at radius 2 is 2.00 bits per heavy atom. The Kier molecular flexibility index (Phi) is 3.94. The number of aryl methyl sites for hydroxylation is 1. The molecule has 1 N–H and O–H groups in total. The van der Waals surface area contributed by atoms with Crippen molar-refractivity contribution in [3.05, 3.63) is 35.9 Å². The fourth-order valence-electron chi connectivity index (χ4n) is 1.59. The lowest BCUT2D eigenvalue weighted by Gasteiger charge is -2.10. The number of ether oxygens (including phenoxy) is 2. The van der Waals surface area contributed by atoms with Gasteiger partial charge in [-0.15, -0.1) is 0 Å². The predicted octanol–water partition coefficient (Wildman–Crippen LogP) is 2.49. The highest BCUT2D eigenvalue weighted by Crippen LogP contribution is 2.27. The van der Waals surface area contributed by atoms with Gasteiger partial charge in [0.1, 0.15) is 5.56 Å². The average molecular weight is 260 g/mol. The molecule has 0 atom stereocenters. The molecule has 0 amide bonds. The molecule has 0 saturated carbocycles. The van der Waals surface area contributed by atoms with Crippen LogP contribution < -0.4 is 14.5 Å². The molecule has 2 heterocycles. The van der Waals surface area contributed by atoms with Gasteiger partial charge >= 0.3 is 5.88 Å². The van der Waals surface area contributed by atoms with E-state index in [2.05, 4.69) is 15.0 Å². The second kappa shape index (κ2) is 5.65. The summed E-state index contributed by atoms with van der Waals surface area (Å²) in [6, 6.07) is 3.70. The van der Waals surface area contributed by atoms with Gasteiger partial charge in [-0.3, -0.25) is 4.98 Å². The largest absolute Gasteiger partial charge is 0.459 e. The molecule has 2 aromatic heterocycles. The van der Waals surface area contributed by atoms with E-state index < -0.39 is 0 Å². The average Bonchev–Trinajstić information content (AvgIpc) is 2.36. The summed E-state index contributed by atoms with van der Waals surface area (Å²) in [4.78, 5) is 11.4. The second-order valence-electron chi connectivity index (χ2n) is 4.52. The van der Waals surface area contributed by atoms with Gasteiger partial charge < -0.3 is 9.47 Å². The van der Waals surface area contributed by atoms with Crippen LogP contribution in [-0.2, 0) is 0 Å². The molecule has 0 radical (unpaired) electrons. The standard InChI is InChI=1S/C14H17N3O2/c1-9(2)18-13-10(3)14(17-8-16-13)19-12-6-5-7-15-11(12)4/h5-9H,1-4H3/p+1. The fraction of sp³-hybridized carbons (Fsp3) is 0.357. The lowest BCUT2D eigenvalue weighted by molar-refractivity contribution is -0.401. The summed E-state index contributed by atoms with van der Waals surface area (Å²) in [5, 5.41) is 0. The zero-order valence-electron chi connectivity index (χ0n) is 11.6. The number of nitrogens with zero attached hydrogens (tertiary/aromatic N) is 2. The summed E-state index contributed by atoms with van der Waals surface area (Å²) in [5.41, 5.74) is 1.65. The van der Waals surface area contributed by atoms with Crippen LogP contribution in [0, 0.1) is 13.8 Å². The Bertz CT molecular complexity index is 570. The van der Waals surface area contributed by atoms with E-state index >= 15 is 0 Å². The van der Waals surface area contributed by atoms with Crippen LogP contribution in [0.4, 0.5) is 0 Å². The minimum Gasteiger partial charge on any atom is -0.459 e. The molecule has 0 aliphatic carbocycles. The maximum Gasteiger partial charge on any atom is 0.344 e. The van der Waals surface area contributed by atoms with Crippen molar-refractivity contribution in [3.8, 4) is 17.5 Å². The molecule has 5 heteroatoms. The van der Waals surface area contributed by atoms with Crippen LogP contribution in [0.15, 0.2) is 24.7 Å². The molecule has 0 unspecified atom stereocenters. The van der Waals surface area contributed by atoms with E-state index in [0.717, 1.165) is 11.3 Å². The molecule has 19 heavy (non-hydrogen) atoms. The summed E-state index contributed by atoms with van der Waals surface area (Å²) >= 11 is 0. The molecule has 0 fully saturated rings. The smallest absolute Gasteiger partial charge is 0.344 e. The van der Waals surface area contributed by atoms with Crippen LogP contribution in [-0.4, -0.2) is 16.1 Å². The Morgan fingerprint density at radius 1 is 1.21 bits per heavy atom. The summed E-state index contributed by atoms with van der Waals surface area (Å²) in [6.07, 6.45) is 3.38. The Labute approximate surface area is 112 Å². The molecule has 100 valence electrons. The third-order valence-corrected chi connectivity index (χ3v) is 2.56. The number of H-pyrrole nitrogens is 1. The summed E-state index contributed by atoms with van der Waals surface area (Å²) in [6.45, 7) is 7.74. The lowest BCUT2D eigenvalue weighted by atomic mass is 10.3. The zero-order valence-corrected chi connectivity index (χ0v) is 11.6. The highest BCUT2D eigenvalue weighted by Gasteiger charge is 2.18. The highest BCUT2D eigenvalue weighted by molar-refractivity contribution is 5.35. The Morgan fingerprint density at radius 3 is 2.68 bits per heavy atom. The minimum absolute atomic E-state index is 0.0883. The highest BCUT2D eigenvalue weighted by atomic mass is 16.5. The van der Waals surface area contributed by atoms with Crippen LogP contribution in [0.5, 0.6) is 17.5 Å². The number of pyridine rings is 1. The van der Waals surface area contributed by atoms with E-state index in [0.29, 0.717) is 17.5 Å². The first-order valence-electron chi connectivity index (χ1n) is 6.21. The van der Waals surface area contributed by atoms with Crippen molar-refractivity contribution in [2.24, 2.45) is 0 Å². The van der Waals surface area contributed by atoms with Gasteiger partial charge in [0.2, 0.25) is 0 Å². The molecule has 0 aromatic carbocycles. The summed E-state index contributed by atoms with van der Waals surface area (Å²) in [5.74, 6) is 1.88. The number of nitrogens with one attached hydrogen (secondary N) is 1. The normalized spacial score (nSPS) is 10.6. The maximum atomic E-state index is 5.79. The van der Waals surface area contributed by atoms with Crippen LogP contribution >= 0.6 is 0 Å². The Balaban J connectivity index is 2.28. The molecule has 0 bridgehead atoms. The maximum absolute atomic E-state index is 5.79. The van der Waals surface area contributed by atoms with E-state index in [9.17, 15) is 0 Å². The lowest BCUT2D eigenvalue weighted by Crippen LogP contribution is -2.17. The fourth-order valence-corrected chi connectivity index (χ4v) is 1.59. The topological polar surface area (TPSA) is 58.4 Å². The van der Waals surface area contributed by atoms with Crippen molar-refractivity contribution in [1.29, 1.82) is 0 Å². The van der Waals surface area contributed by atoms with Gasteiger partial charge in [-0.25, -0.2) is 4.98 Å². The summed E-state index contributed by atoms with van der Waals surface area (Å²) in [7, 11) is 0. The first kappa shape index (κ1) is 13.3. The molecule has 0 saturated heterocycles.